The van der Waals surface area contributed by atoms with Gasteiger partial charge in [0.05, 0.1) is 22.3 Å². The number of Topliss-reactive ketones (excluding diaryl/α,β-unsaturated/α-hetero) is 1. The molecule has 0 aliphatic rings. The number of pyridine rings is 1. The number of fused-ring (bicyclic) bond motifs is 1. The van der Waals surface area contributed by atoms with Crippen LogP contribution in [0.15, 0.2) is 73.1 Å². The fraction of sp³-hybridized carbons (Fsp3) is 0.179. The van der Waals surface area contributed by atoms with Gasteiger partial charge in [0, 0.05) is 55.6 Å². The number of amides is 2. The zero-order chi connectivity index (χ0) is 26.5. The third-order valence-corrected chi connectivity index (χ3v) is 6.19. The van der Waals surface area contributed by atoms with E-state index in [4.69, 9.17) is 5.11 Å². The predicted molar refractivity (Wildman–Crippen MR) is 138 cm³/mol. The van der Waals surface area contributed by atoms with Gasteiger partial charge in [0.1, 0.15) is 0 Å². The first-order valence-electron chi connectivity index (χ1n) is 11.8. The SMILES string of the molecule is CCN(CCN(C)C(=O)c1ccccc1)C(=O)C(=O)c1c[nH]c2c(-c3ccc(C(=O)O)cc3)nccc12. The summed E-state index contributed by atoms with van der Waals surface area (Å²) in [4.78, 5) is 60.4. The highest BCUT2D eigenvalue weighted by Gasteiger charge is 2.26. The van der Waals surface area contributed by atoms with Gasteiger partial charge in [-0.2, -0.15) is 0 Å². The molecular formula is C28H26N4O5. The Balaban J connectivity index is 1.51. The fourth-order valence-electron chi connectivity index (χ4n) is 4.07. The number of rotatable bonds is 9. The number of hydrogen-bond donors (Lipinski definition) is 2. The van der Waals surface area contributed by atoms with Crippen LogP contribution in [0.2, 0.25) is 0 Å². The summed E-state index contributed by atoms with van der Waals surface area (Å²) in [6.45, 7) is 2.57. The molecule has 2 N–H and O–H groups in total. The molecule has 0 aliphatic carbocycles. The highest BCUT2D eigenvalue weighted by molar-refractivity contribution is 6.45. The Morgan fingerprint density at radius 2 is 1.62 bits per heavy atom. The van der Waals surface area contributed by atoms with Gasteiger partial charge in [-0.3, -0.25) is 19.4 Å². The number of H-pyrrole nitrogens is 1. The van der Waals surface area contributed by atoms with Crippen LogP contribution in [0.25, 0.3) is 22.2 Å². The lowest BCUT2D eigenvalue weighted by Gasteiger charge is -2.24. The van der Waals surface area contributed by atoms with Gasteiger partial charge < -0.3 is 19.9 Å². The van der Waals surface area contributed by atoms with E-state index in [1.165, 1.54) is 28.1 Å². The maximum Gasteiger partial charge on any atom is 0.335 e. The summed E-state index contributed by atoms with van der Waals surface area (Å²) < 4.78 is 0. The third kappa shape index (κ3) is 5.25. The number of carbonyl (C=O) groups excluding carboxylic acids is 3. The average molecular weight is 499 g/mol. The Kier molecular flexibility index (Phi) is 7.43. The van der Waals surface area contributed by atoms with Crippen LogP contribution in [-0.4, -0.2) is 75.1 Å². The van der Waals surface area contributed by atoms with E-state index < -0.39 is 17.7 Å². The van der Waals surface area contributed by atoms with Crippen molar-refractivity contribution in [2.75, 3.05) is 26.7 Å². The molecule has 0 spiro atoms. The van der Waals surface area contributed by atoms with E-state index >= 15 is 0 Å². The molecule has 188 valence electrons. The van der Waals surface area contributed by atoms with Crippen molar-refractivity contribution in [1.29, 1.82) is 0 Å². The maximum atomic E-state index is 13.2. The predicted octanol–water partition coefficient (Wildman–Crippen LogP) is 3.73. The molecule has 9 nitrogen and oxygen atoms in total. The molecule has 2 heterocycles. The number of aromatic nitrogens is 2. The summed E-state index contributed by atoms with van der Waals surface area (Å²) in [5.41, 5.74) is 2.70. The molecule has 2 aromatic heterocycles. The number of carbonyl (C=O) groups is 4. The molecule has 0 fully saturated rings. The number of hydrogen-bond acceptors (Lipinski definition) is 5. The van der Waals surface area contributed by atoms with Gasteiger partial charge >= 0.3 is 5.97 Å². The average Bonchev–Trinajstić information content (AvgIpc) is 3.37. The molecule has 37 heavy (non-hydrogen) atoms. The number of aromatic carboxylic acids is 1. The first kappa shape index (κ1) is 25.3. The number of carboxylic acid groups (broad SMARTS) is 1. The smallest absolute Gasteiger partial charge is 0.335 e. The van der Waals surface area contributed by atoms with Crippen molar-refractivity contribution < 1.29 is 24.3 Å². The van der Waals surface area contributed by atoms with Gasteiger partial charge in [0.15, 0.2) is 0 Å². The van der Waals surface area contributed by atoms with E-state index in [1.807, 2.05) is 6.07 Å². The van der Waals surface area contributed by atoms with E-state index in [0.717, 1.165) is 0 Å². The standard InChI is InChI=1S/C28H26N4O5/c1-3-32(16-15-31(2)26(34)19-7-5-4-6-8-19)27(35)25(33)22-17-30-24-21(22)13-14-29-23(24)18-9-11-20(12-10-18)28(36)37/h4-14,17,30H,3,15-16H2,1-2H3,(H,36,37). The van der Waals surface area contributed by atoms with Crippen LogP contribution in [0.5, 0.6) is 0 Å². The van der Waals surface area contributed by atoms with Gasteiger partial charge in [-0.25, -0.2) is 4.79 Å². The number of ketones is 1. The Hall–Kier alpha value is -4.79. The number of nitrogens with zero attached hydrogens (tertiary/aromatic N) is 3. The molecule has 4 rings (SSSR count). The summed E-state index contributed by atoms with van der Waals surface area (Å²) in [6, 6.07) is 16.8. The van der Waals surface area contributed by atoms with Gasteiger partial charge in [0.25, 0.3) is 17.6 Å². The van der Waals surface area contributed by atoms with E-state index in [0.29, 0.717) is 34.3 Å². The minimum absolute atomic E-state index is 0.152. The topological polar surface area (TPSA) is 124 Å². The molecule has 0 radical (unpaired) electrons. The lowest BCUT2D eigenvalue weighted by molar-refractivity contribution is -0.126. The van der Waals surface area contributed by atoms with Crippen LogP contribution < -0.4 is 0 Å². The van der Waals surface area contributed by atoms with E-state index in [-0.39, 0.29) is 30.1 Å². The van der Waals surface area contributed by atoms with Crippen molar-refractivity contribution in [2.45, 2.75) is 6.92 Å². The Labute approximate surface area is 213 Å². The van der Waals surface area contributed by atoms with Crippen LogP contribution in [0.4, 0.5) is 0 Å². The van der Waals surface area contributed by atoms with Crippen molar-refractivity contribution in [2.24, 2.45) is 0 Å². The number of aromatic amines is 1. The normalized spacial score (nSPS) is 10.8. The molecule has 9 heteroatoms. The molecule has 2 aromatic carbocycles. The quantitative estimate of drug-likeness (QED) is 0.268. The molecule has 0 unspecified atom stereocenters. The molecule has 0 saturated carbocycles. The molecular weight excluding hydrogens is 472 g/mol. The van der Waals surface area contributed by atoms with Crippen LogP contribution in [0.3, 0.4) is 0 Å². The molecule has 4 aromatic rings. The highest BCUT2D eigenvalue weighted by Crippen LogP contribution is 2.28. The number of nitrogens with one attached hydrogen (secondary N) is 1. The van der Waals surface area contributed by atoms with Crippen LogP contribution >= 0.6 is 0 Å². The minimum Gasteiger partial charge on any atom is -0.478 e. The van der Waals surface area contributed by atoms with E-state index in [1.54, 1.807) is 62.6 Å². The van der Waals surface area contributed by atoms with E-state index in [2.05, 4.69) is 9.97 Å². The summed E-state index contributed by atoms with van der Waals surface area (Å²) in [5, 5.41) is 9.67. The number of carboxylic acids is 1. The molecule has 0 bridgehead atoms. The van der Waals surface area contributed by atoms with Gasteiger partial charge in [0.2, 0.25) is 0 Å². The second-order valence-electron chi connectivity index (χ2n) is 8.47. The maximum absolute atomic E-state index is 13.2. The van der Waals surface area contributed by atoms with E-state index in [9.17, 15) is 19.2 Å². The fourth-order valence-corrected chi connectivity index (χ4v) is 4.07. The summed E-state index contributed by atoms with van der Waals surface area (Å²) in [7, 11) is 1.66. The van der Waals surface area contributed by atoms with Gasteiger partial charge in [-0.1, -0.05) is 30.3 Å². The monoisotopic (exact) mass is 498 g/mol. The second-order valence-corrected chi connectivity index (χ2v) is 8.47. The highest BCUT2D eigenvalue weighted by atomic mass is 16.4. The van der Waals surface area contributed by atoms with Crippen molar-refractivity contribution in [1.82, 2.24) is 19.8 Å². The number of benzene rings is 2. The Morgan fingerprint density at radius 1 is 0.919 bits per heavy atom. The first-order valence-corrected chi connectivity index (χ1v) is 11.8. The van der Waals surface area contributed by atoms with Crippen molar-refractivity contribution in [3.05, 3.63) is 89.7 Å². The van der Waals surface area contributed by atoms with Crippen molar-refractivity contribution >= 4 is 34.5 Å². The third-order valence-electron chi connectivity index (χ3n) is 6.19. The molecule has 0 atom stereocenters. The second kappa shape index (κ2) is 10.9. The Bertz CT molecular complexity index is 1460. The largest absolute Gasteiger partial charge is 0.478 e. The summed E-state index contributed by atoms with van der Waals surface area (Å²) in [6.07, 6.45) is 3.03. The van der Waals surface area contributed by atoms with Crippen LogP contribution in [0.1, 0.15) is 38.0 Å². The van der Waals surface area contributed by atoms with Crippen molar-refractivity contribution in [3.8, 4) is 11.3 Å². The summed E-state index contributed by atoms with van der Waals surface area (Å²) >= 11 is 0. The van der Waals surface area contributed by atoms with Crippen LogP contribution in [-0.2, 0) is 4.79 Å². The molecule has 0 aliphatic heterocycles. The molecule has 2 amide bonds. The zero-order valence-electron chi connectivity index (χ0n) is 20.5. The van der Waals surface area contributed by atoms with Gasteiger partial charge in [-0.15, -0.1) is 0 Å². The van der Waals surface area contributed by atoms with Crippen molar-refractivity contribution in [3.63, 3.8) is 0 Å². The minimum atomic E-state index is -1.03. The Morgan fingerprint density at radius 3 is 2.27 bits per heavy atom. The zero-order valence-corrected chi connectivity index (χ0v) is 20.5. The lowest BCUT2D eigenvalue weighted by Crippen LogP contribution is -2.42. The number of likely N-dealkylation sites (N-methyl/N-ethyl adjacent to an activating group) is 2. The van der Waals surface area contributed by atoms with Crippen LogP contribution in [0, 0.1) is 0 Å². The molecule has 0 saturated heterocycles. The van der Waals surface area contributed by atoms with Gasteiger partial charge in [-0.05, 0) is 37.3 Å². The summed E-state index contributed by atoms with van der Waals surface area (Å²) in [5.74, 6) is -2.51. The lowest BCUT2D eigenvalue weighted by atomic mass is 10.0. The first-order chi connectivity index (χ1) is 17.8.